The van der Waals surface area contributed by atoms with E-state index < -0.39 is 0 Å². The van der Waals surface area contributed by atoms with Crippen molar-refractivity contribution in [3.05, 3.63) is 53.6 Å². The smallest absolute Gasteiger partial charge is 0.250 e. The van der Waals surface area contributed by atoms with Gasteiger partial charge in [0.2, 0.25) is 5.91 Å². The Kier molecular flexibility index (Phi) is 5.00. The van der Waals surface area contributed by atoms with E-state index in [0.717, 1.165) is 15.8 Å². The molecule has 2 aromatic carbocycles. The third-order valence-electron chi connectivity index (χ3n) is 3.63. The number of carbonyl (C=O) groups is 1. The number of fused-ring (bicyclic) bond motifs is 1. The highest BCUT2D eigenvalue weighted by Crippen LogP contribution is 2.27. The van der Waals surface area contributed by atoms with Gasteiger partial charge in [0.25, 0.3) is 0 Å². The molecule has 1 heterocycles. The van der Waals surface area contributed by atoms with E-state index in [1.54, 1.807) is 26.4 Å². The maximum Gasteiger partial charge on any atom is 0.250 e. The van der Waals surface area contributed by atoms with Gasteiger partial charge in [0, 0.05) is 17.7 Å². The first kappa shape index (κ1) is 17.0. The molecule has 1 amide bonds. The summed E-state index contributed by atoms with van der Waals surface area (Å²) in [7, 11) is 3.17. The third-order valence-corrected chi connectivity index (χ3v) is 4.56. The predicted molar refractivity (Wildman–Crippen MR) is 102 cm³/mol. The van der Waals surface area contributed by atoms with Crippen LogP contribution in [-0.4, -0.2) is 25.1 Å². The number of aromatic nitrogens is 1. The van der Waals surface area contributed by atoms with Gasteiger partial charge in [-0.15, -0.1) is 0 Å². The molecule has 0 atom stereocenters. The predicted octanol–water partition coefficient (Wildman–Crippen LogP) is 4.27. The van der Waals surface area contributed by atoms with Crippen molar-refractivity contribution in [3.63, 3.8) is 0 Å². The van der Waals surface area contributed by atoms with Crippen molar-refractivity contribution >= 4 is 38.7 Å². The number of methoxy groups -OCH3 is 2. The minimum absolute atomic E-state index is 0.242. The molecule has 5 nitrogen and oxygen atoms in total. The molecule has 6 heteroatoms. The molecule has 1 aromatic heterocycles. The SMILES string of the molecule is COc1ccc(/C=C/C(=O)Nc2nc3ccc(C)cc3s2)c(OC)c1. The summed E-state index contributed by atoms with van der Waals surface area (Å²) in [4.78, 5) is 16.6. The van der Waals surface area contributed by atoms with Crippen LogP contribution in [0.4, 0.5) is 5.13 Å². The van der Waals surface area contributed by atoms with Gasteiger partial charge < -0.3 is 9.47 Å². The topological polar surface area (TPSA) is 60.5 Å². The number of benzene rings is 2. The minimum atomic E-state index is -0.242. The van der Waals surface area contributed by atoms with Gasteiger partial charge in [-0.3, -0.25) is 10.1 Å². The number of ether oxygens (including phenoxy) is 2. The van der Waals surface area contributed by atoms with Crippen molar-refractivity contribution in [2.75, 3.05) is 19.5 Å². The summed E-state index contributed by atoms with van der Waals surface area (Å²) in [6.07, 6.45) is 3.16. The van der Waals surface area contributed by atoms with Gasteiger partial charge in [-0.05, 0) is 42.8 Å². The van der Waals surface area contributed by atoms with Crippen LogP contribution in [0.3, 0.4) is 0 Å². The van der Waals surface area contributed by atoms with Crippen molar-refractivity contribution in [3.8, 4) is 11.5 Å². The van der Waals surface area contributed by atoms with Crippen LogP contribution < -0.4 is 14.8 Å². The number of nitrogens with one attached hydrogen (secondary N) is 1. The van der Waals surface area contributed by atoms with Crippen LogP contribution in [-0.2, 0) is 4.79 Å². The van der Waals surface area contributed by atoms with Gasteiger partial charge in [0.1, 0.15) is 11.5 Å². The van der Waals surface area contributed by atoms with Gasteiger partial charge in [0.15, 0.2) is 5.13 Å². The largest absolute Gasteiger partial charge is 0.497 e. The van der Waals surface area contributed by atoms with E-state index in [0.29, 0.717) is 16.6 Å². The average molecular weight is 354 g/mol. The first-order chi connectivity index (χ1) is 12.1. The summed E-state index contributed by atoms with van der Waals surface area (Å²) in [6, 6.07) is 11.4. The van der Waals surface area contributed by atoms with E-state index >= 15 is 0 Å². The second-order valence-electron chi connectivity index (χ2n) is 5.42. The Hall–Kier alpha value is -2.86. The van der Waals surface area contributed by atoms with E-state index in [-0.39, 0.29) is 5.91 Å². The Morgan fingerprint density at radius 3 is 2.76 bits per heavy atom. The number of nitrogens with zero attached hydrogens (tertiary/aromatic N) is 1. The average Bonchev–Trinajstić information content (AvgIpc) is 3.00. The van der Waals surface area contributed by atoms with Crippen molar-refractivity contribution in [2.45, 2.75) is 6.92 Å². The number of thiazole rings is 1. The van der Waals surface area contributed by atoms with Crippen LogP contribution >= 0.6 is 11.3 Å². The zero-order chi connectivity index (χ0) is 17.8. The van der Waals surface area contributed by atoms with Gasteiger partial charge in [0.05, 0.1) is 24.4 Å². The lowest BCUT2D eigenvalue weighted by Gasteiger charge is -2.07. The third kappa shape index (κ3) is 3.97. The van der Waals surface area contributed by atoms with Crippen molar-refractivity contribution in [2.24, 2.45) is 0 Å². The molecule has 0 bridgehead atoms. The number of hydrogen-bond donors (Lipinski definition) is 1. The lowest BCUT2D eigenvalue weighted by molar-refractivity contribution is -0.111. The minimum Gasteiger partial charge on any atom is -0.497 e. The second kappa shape index (κ2) is 7.36. The highest BCUT2D eigenvalue weighted by molar-refractivity contribution is 7.22. The molecule has 0 radical (unpaired) electrons. The zero-order valence-electron chi connectivity index (χ0n) is 14.2. The van der Waals surface area contributed by atoms with E-state index in [1.165, 1.54) is 23.0 Å². The van der Waals surface area contributed by atoms with Crippen LogP contribution in [0.1, 0.15) is 11.1 Å². The second-order valence-corrected chi connectivity index (χ2v) is 6.45. The van der Waals surface area contributed by atoms with Crippen molar-refractivity contribution < 1.29 is 14.3 Å². The molecule has 0 aliphatic heterocycles. The van der Waals surface area contributed by atoms with Crippen molar-refractivity contribution in [1.29, 1.82) is 0 Å². The standard InChI is InChI=1S/C19H18N2O3S/c1-12-4-8-15-17(10-12)25-19(20-15)21-18(22)9-6-13-5-7-14(23-2)11-16(13)24-3/h4-11H,1-3H3,(H,20,21,22)/b9-6+. The Morgan fingerprint density at radius 2 is 2.00 bits per heavy atom. The molecule has 0 unspecified atom stereocenters. The van der Waals surface area contributed by atoms with Gasteiger partial charge >= 0.3 is 0 Å². The summed E-state index contributed by atoms with van der Waals surface area (Å²) >= 11 is 1.46. The number of aryl methyl sites for hydroxylation is 1. The molecule has 0 aliphatic carbocycles. The molecule has 3 rings (SSSR count). The molecule has 128 valence electrons. The molecule has 0 saturated heterocycles. The molecule has 0 spiro atoms. The molecule has 0 saturated carbocycles. The van der Waals surface area contributed by atoms with Crippen LogP contribution in [0.25, 0.3) is 16.3 Å². The molecular weight excluding hydrogens is 336 g/mol. The first-order valence-corrected chi connectivity index (χ1v) is 8.49. The molecule has 0 aliphatic rings. The lowest BCUT2D eigenvalue weighted by atomic mass is 10.1. The maximum atomic E-state index is 12.2. The van der Waals surface area contributed by atoms with Gasteiger partial charge in [-0.25, -0.2) is 4.98 Å². The summed E-state index contributed by atoms with van der Waals surface area (Å²) in [6.45, 7) is 2.03. The van der Waals surface area contributed by atoms with Crippen LogP contribution in [0, 0.1) is 6.92 Å². The molecule has 25 heavy (non-hydrogen) atoms. The Balaban J connectivity index is 1.74. The van der Waals surface area contributed by atoms with Gasteiger partial charge in [-0.1, -0.05) is 17.4 Å². The Labute approximate surface area is 149 Å². The lowest BCUT2D eigenvalue weighted by Crippen LogP contribution is -2.07. The van der Waals surface area contributed by atoms with Crippen LogP contribution in [0.5, 0.6) is 11.5 Å². The Bertz CT molecular complexity index is 947. The fourth-order valence-corrected chi connectivity index (χ4v) is 3.32. The molecule has 0 fully saturated rings. The quantitative estimate of drug-likeness (QED) is 0.695. The summed E-state index contributed by atoms with van der Waals surface area (Å²) < 4.78 is 11.5. The normalized spacial score (nSPS) is 11.0. The fourth-order valence-electron chi connectivity index (χ4n) is 2.35. The van der Waals surface area contributed by atoms with Crippen LogP contribution in [0.15, 0.2) is 42.5 Å². The number of carbonyl (C=O) groups excluding carboxylic acids is 1. The highest BCUT2D eigenvalue weighted by Gasteiger charge is 2.07. The summed E-state index contributed by atoms with van der Waals surface area (Å²) in [5.41, 5.74) is 2.84. The first-order valence-electron chi connectivity index (χ1n) is 7.67. The number of hydrogen-bond acceptors (Lipinski definition) is 5. The monoisotopic (exact) mass is 354 g/mol. The fraction of sp³-hybridized carbons (Fsp3) is 0.158. The van der Waals surface area contributed by atoms with E-state index in [9.17, 15) is 4.79 Å². The summed E-state index contributed by atoms with van der Waals surface area (Å²) in [5.74, 6) is 1.09. The maximum absolute atomic E-state index is 12.2. The zero-order valence-corrected chi connectivity index (χ0v) is 15.0. The van der Waals surface area contributed by atoms with Gasteiger partial charge in [-0.2, -0.15) is 0 Å². The molecular formula is C19H18N2O3S. The van der Waals surface area contributed by atoms with E-state index in [4.69, 9.17) is 9.47 Å². The Morgan fingerprint density at radius 1 is 1.16 bits per heavy atom. The number of amides is 1. The van der Waals surface area contributed by atoms with E-state index in [1.807, 2.05) is 31.2 Å². The highest BCUT2D eigenvalue weighted by atomic mass is 32.1. The van der Waals surface area contributed by atoms with Crippen LogP contribution in [0.2, 0.25) is 0 Å². The van der Waals surface area contributed by atoms with E-state index in [2.05, 4.69) is 16.4 Å². The molecule has 3 aromatic rings. The summed E-state index contributed by atoms with van der Waals surface area (Å²) in [5, 5.41) is 3.38. The number of rotatable bonds is 5. The van der Waals surface area contributed by atoms with Crippen molar-refractivity contribution in [1.82, 2.24) is 4.98 Å². The molecule has 1 N–H and O–H groups in total. The number of anilines is 1.